The molecule has 0 aliphatic carbocycles. The molecule has 12 rings (SSSR count). The first kappa shape index (κ1) is 29.2. The predicted molar refractivity (Wildman–Crippen MR) is 223 cm³/mol. The lowest BCUT2D eigenvalue weighted by Crippen LogP contribution is -2.10. The fourth-order valence-electron chi connectivity index (χ4n) is 8.81. The van der Waals surface area contributed by atoms with Gasteiger partial charge in [0.15, 0.2) is 5.82 Å². The molecule has 0 amide bonds. The van der Waals surface area contributed by atoms with Gasteiger partial charge in [0, 0.05) is 27.1 Å². The molecule has 54 heavy (non-hydrogen) atoms. The molecular weight excluding hydrogens is 659 g/mol. The van der Waals surface area contributed by atoms with E-state index in [-0.39, 0.29) is 0 Å². The molecule has 0 bridgehead atoms. The molecule has 3 heterocycles. The molecule has 0 saturated carbocycles. The maximum Gasteiger partial charge on any atom is 0.240 e. The van der Waals surface area contributed by atoms with E-state index in [2.05, 4.69) is 167 Å². The molecule has 12 aromatic rings. The second-order valence-electron chi connectivity index (χ2n) is 14.0. The maximum absolute atomic E-state index is 5.41. The van der Waals surface area contributed by atoms with Gasteiger partial charge in [-0.05, 0) is 73.8 Å². The first-order valence-corrected chi connectivity index (χ1v) is 18.3. The van der Waals surface area contributed by atoms with Crippen LogP contribution in [0.3, 0.4) is 0 Å². The standard InChI is InChI=1S/C49H29N5/c1-3-13-30(14-4-1)33-26-28-41-39(29-33)35-19-9-10-22-40(35)53(41)48-50-47(32-16-5-2-6-17-32)51-49(52-48)54-42-23-11-20-36-37-27-25-31-15-7-8-18-34(31)44(37)38-21-12-24-43(54)46(38)45(36)42/h1-29H. The molecule has 0 aliphatic heterocycles. The first-order chi connectivity index (χ1) is 26.8. The van der Waals surface area contributed by atoms with E-state index in [4.69, 9.17) is 15.0 Å². The van der Waals surface area contributed by atoms with Crippen LogP contribution in [0.25, 0.3) is 110 Å². The number of hydrogen-bond acceptors (Lipinski definition) is 3. The van der Waals surface area contributed by atoms with Gasteiger partial charge in [-0.25, -0.2) is 0 Å². The summed E-state index contributed by atoms with van der Waals surface area (Å²) in [5.41, 5.74) is 7.50. The highest BCUT2D eigenvalue weighted by molar-refractivity contribution is 6.37. The fourth-order valence-corrected chi connectivity index (χ4v) is 8.81. The summed E-state index contributed by atoms with van der Waals surface area (Å²) in [5, 5.41) is 12.2. The molecule has 0 unspecified atom stereocenters. The highest BCUT2D eigenvalue weighted by atomic mass is 15.3. The van der Waals surface area contributed by atoms with E-state index in [1.807, 2.05) is 18.2 Å². The van der Waals surface area contributed by atoms with Crippen molar-refractivity contribution in [2.45, 2.75) is 0 Å². The van der Waals surface area contributed by atoms with Crippen LogP contribution in [0.4, 0.5) is 0 Å². The summed E-state index contributed by atoms with van der Waals surface area (Å²) < 4.78 is 4.44. The summed E-state index contributed by atoms with van der Waals surface area (Å²) in [6, 6.07) is 62.5. The van der Waals surface area contributed by atoms with Crippen molar-refractivity contribution in [2.24, 2.45) is 0 Å². The van der Waals surface area contributed by atoms with Crippen molar-refractivity contribution in [1.29, 1.82) is 0 Å². The van der Waals surface area contributed by atoms with Gasteiger partial charge < -0.3 is 0 Å². The van der Waals surface area contributed by atoms with E-state index >= 15 is 0 Å². The van der Waals surface area contributed by atoms with Crippen molar-refractivity contribution in [2.75, 3.05) is 0 Å². The van der Waals surface area contributed by atoms with Gasteiger partial charge in [0.25, 0.3) is 0 Å². The predicted octanol–water partition coefficient (Wildman–Crippen LogP) is 12.3. The summed E-state index contributed by atoms with van der Waals surface area (Å²) in [4.78, 5) is 15.9. The van der Waals surface area contributed by atoms with Crippen LogP contribution in [0.5, 0.6) is 0 Å². The van der Waals surface area contributed by atoms with Crippen LogP contribution in [-0.2, 0) is 0 Å². The Morgan fingerprint density at radius 2 is 0.852 bits per heavy atom. The molecule has 0 fully saturated rings. The second-order valence-corrected chi connectivity index (χ2v) is 14.0. The third-order valence-electron chi connectivity index (χ3n) is 11.1. The van der Waals surface area contributed by atoms with Crippen LogP contribution in [-0.4, -0.2) is 24.1 Å². The largest absolute Gasteiger partial charge is 0.278 e. The van der Waals surface area contributed by atoms with Crippen molar-refractivity contribution in [3.8, 4) is 34.4 Å². The third-order valence-corrected chi connectivity index (χ3v) is 11.1. The molecule has 9 aromatic carbocycles. The van der Waals surface area contributed by atoms with Crippen LogP contribution in [0, 0.1) is 0 Å². The van der Waals surface area contributed by atoms with Gasteiger partial charge in [-0.15, -0.1) is 0 Å². The normalized spacial score (nSPS) is 12.1. The summed E-state index contributed by atoms with van der Waals surface area (Å²) >= 11 is 0. The molecule has 0 aliphatic rings. The molecule has 0 spiro atoms. The SMILES string of the molecule is c1ccc(-c2ccc3c(c2)c2ccccc2n3-c2nc(-c3ccccc3)nc(-n3c4cccc5c6ccc7ccccc7c6c6cccc3c6c54)n2)cc1. The van der Waals surface area contributed by atoms with Crippen molar-refractivity contribution >= 4 is 75.9 Å². The van der Waals surface area contributed by atoms with E-state index in [0.717, 1.165) is 38.4 Å². The highest BCUT2D eigenvalue weighted by Crippen LogP contribution is 2.45. The van der Waals surface area contributed by atoms with Gasteiger partial charge in [0.2, 0.25) is 11.9 Å². The average molecular weight is 688 g/mol. The number of aromatic nitrogens is 5. The van der Waals surface area contributed by atoms with Crippen LogP contribution >= 0.6 is 0 Å². The summed E-state index contributed by atoms with van der Waals surface area (Å²) in [6.07, 6.45) is 0. The Bertz CT molecular complexity index is 3430. The molecular formula is C49H29N5. The average Bonchev–Trinajstić information content (AvgIpc) is 3.77. The zero-order valence-corrected chi connectivity index (χ0v) is 29.0. The van der Waals surface area contributed by atoms with Gasteiger partial charge in [0.05, 0.1) is 22.1 Å². The summed E-state index contributed by atoms with van der Waals surface area (Å²) in [5.74, 6) is 1.77. The van der Waals surface area contributed by atoms with E-state index in [1.165, 1.54) is 54.2 Å². The van der Waals surface area contributed by atoms with Crippen molar-refractivity contribution in [3.05, 3.63) is 176 Å². The molecule has 0 N–H and O–H groups in total. The van der Waals surface area contributed by atoms with Gasteiger partial charge in [0.1, 0.15) is 0 Å². The van der Waals surface area contributed by atoms with Gasteiger partial charge in [-0.3, -0.25) is 9.13 Å². The minimum atomic E-state index is 0.573. The van der Waals surface area contributed by atoms with Gasteiger partial charge in [-0.2, -0.15) is 15.0 Å². The smallest absolute Gasteiger partial charge is 0.240 e. The first-order valence-electron chi connectivity index (χ1n) is 18.3. The van der Waals surface area contributed by atoms with Crippen LogP contribution in [0.1, 0.15) is 0 Å². The second kappa shape index (κ2) is 11.1. The number of hydrogen-bond donors (Lipinski definition) is 0. The van der Waals surface area contributed by atoms with Gasteiger partial charge >= 0.3 is 0 Å². The fraction of sp³-hybridized carbons (Fsp3) is 0. The lowest BCUT2D eigenvalue weighted by Gasteiger charge is -2.12. The number of para-hydroxylation sites is 1. The number of nitrogens with zero attached hydrogens (tertiary/aromatic N) is 5. The van der Waals surface area contributed by atoms with E-state index in [9.17, 15) is 0 Å². The Balaban J connectivity index is 1.19. The molecule has 3 aromatic heterocycles. The number of benzene rings is 9. The third kappa shape index (κ3) is 4.06. The molecule has 0 saturated heterocycles. The van der Waals surface area contributed by atoms with E-state index in [0.29, 0.717) is 17.7 Å². The minimum absolute atomic E-state index is 0.573. The molecule has 0 atom stereocenters. The Morgan fingerprint density at radius 3 is 1.63 bits per heavy atom. The molecule has 5 nitrogen and oxygen atoms in total. The van der Waals surface area contributed by atoms with E-state index < -0.39 is 0 Å². The lowest BCUT2D eigenvalue weighted by atomic mass is 9.91. The molecule has 250 valence electrons. The molecule has 0 radical (unpaired) electrons. The zero-order valence-electron chi connectivity index (χ0n) is 29.0. The quantitative estimate of drug-likeness (QED) is 0.173. The Morgan fingerprint density at radius 1 is 0.296 bits per heavy atom. The van der Waals surface area contributed by atoms with Crippen molar-refractivity contribution in [1.82, 2.24) is 24.1 Å². The monoisotopic (exact) mass is 687 g/mol. The Labute approximate surface area is 309 Å². The Hall–Kier alpha value is -7.37. The topological polar surface area (TPSA) is 48.5 Å². The number of rotatable bonds is 4. The Kier molecular flexibility index (Phi) is 5.99. The lowest BCUT2D eigenvalue weighted by molar-refractivity contribution is 0.893. The number of fused-ring (bicyclic) bond motifs is 8. The van der Waals surface area contributed by atoms with E-state index in [1.54, 1.807) is 0 Å². The van der Waals surface area contributed by atoms with Crippen LogP contribution in [0.2, 0.25) is 0 Å². The van der Waals surface area contributed by atoms with Crippen molar-refractivity contribution in [3.63, 3.8) is 0 Å². The van der Waals surface area contributed by atoms with Gasteiger partial charge in [-0.1, -0.05) is 146 Å². The summed E-state index contributed by atoms with van der Waals surface area (Å²) in [7, 11) is 0. The maximum atomic E-state index is 5.41. The van der Waals surface area contributed by atoms with Crippen LogP contribution in [0.15, 0.2) is 176 Å². The van der Waals surface area contributed by atoms with Crippen LogP contribution < -0.4 is 0 Å². The molecule has 5 heteroatoms. The highest BCUT2D eigenvalue weighted by Gasteiger charge is 2.24. The summed E-state index contributed by atoms with van der Waals surface area (Å²) in [6.45, 7) is 0. The van der Waals surface area contributed by atoms with Crippen molar-refractivity contribution < 1.29 is 0 Å². The minimum Gasteiger partial charge on any atom is -0.278 e. The zero-order chi connectivity index (χ0) is 35.3.